The molecule has 0 spiro atoms. The van der Waals surface area contributed by atoms with Crippen molar-refractivity contribution in [1.82, 2.24) is 9.97 Å². The second kappa shape index (κ2) is 6.66. The van der Waals surface area contributed by atoms with Gasteiger partial charge in [0.2, 0.25) is 0 Å². The van der Waals surface area contributed by atoms with E-state index in [1.54, 1.807) is 17.7 Å². The molecule has 0 aliphatic carbocycles. The van der Waals surface area contributed by atoms with Crippen molar-refractivity contribution in [1.29, 1.82) is 0 Å². The van der Waals surface area contributed by atoms with E-state index < -0.39 is 0 Å². The van der Waals surface area contributed by atoms with Gasteiger partial charge in [0.25, 0.3) is 0 Å². The minimum Gasteiger partial charge on any atom is -0.380 e. The van der Waals surface area contributed by atoms with Crippen LogP contribution < -0.4 is 5.32 Å². The topological polar surface area (TPSA) is 47.0 Å². The van der Waals surface area contributed by atoms with Crippen LogP contribution in [0.1, 0.15) is 25.3 Å². The molecule has 0 radical (unpaired) electrons. The van der Waals surface area contributed by atoms with Crippen molar-refractivity contribution in [3.05, 3.63) is 17.3 Å². The Morgan fingerprint density at radius 3 is 3.06 bits per heavy atom. The van der Waals surface area contributed by atoms with Gasteiger partial charge in [-0.15, -0.1) is 11.3 Å². The monoisotopic (exact) mass is 265 g/mol. The summed E-state index contributed by atoms with van der Waals surface area (Å²) in [5.41, 5.74) is 2.25. The molecule has 0 unspecified atom stereocenters. The minimum atomic E-state index is 0.718. The molecule has 2 heterocycles. The van der Waals surface area contributed by atoms with Gasteiger partial charge in [-0.05, 0) is 24.3 Å². The predicted molar refractivity (Wildman–Crippen MR) is 76.4 cm³/mol. The maximum Gasteiger partial charge on any atom is 0.147 e. The highest BCUT2D eigenvalue weighted by Gasteiger charge is 2.06. The molecule has 0 atom stereocenters. The summed E-state index contributed by atoms with van der Waals surface area (Å²) in [5.74, 6) is 0.914. The largest absolute Gasteiger partial charge is 0.380 e. The third-order valence-corrected chi connectivity index (χ3v) is 3.81. The summed E-state index contributed by atoms with van der Waals surface area (Å²) in [5, 5.41) is 5.43. The number of hydrogen-bond donors (Lipinski definition) is 1. The summed E-state index contributed by atoms with van der Waals surface area (Å²) in [6.07, 6.45) is 3.92. The van der Waals surface area contributed by atoms with Crippen molar-refractivity contribution < 1.29 is 4.74 Å². The van der Waals surface area contributed by atoms with E-state index in [-0.39, 0.29) is 0 Å². The Morgan fingerprint density at radius 2 is 2.22 bits per heavy atom. The number of anilines is 1. The van der Waals surface area contributed by atoms with Crippen LogP contribution in [0, 0.1) is 6.92 Å². The quantitative estimate of drug-likeness (QED) is 0.781. The van der Waals surface area contributed by atoms with Gasteiger partial charge >= 0.3 is 0 Å². The lowest BCUT2D eigenvalue weighted by Gasteiger charge is -2.06. The summed E-state index contributed by atoms with van der Waals surface area (Å²) in [7, 11) is 0. The van der Waals surface area contributed by atoms with Gasteiger partial charge in [-0.25, -0.2) is 9.97 Å². The van der Waals surface area contributed by atoms with Gasteiger partial charge in [-0.3, -0.25) is 0 Å². The van der Waals surface area contributed by atoms with Gasteiger partial charge in [0.15, 0.2) is 0 Å². The zero-order valence-electron chi connectivity index (χ0n) is 10.9. The zero-order chi connectivity index (χ0) is 12.8. The van der Waals surface area contributed by atoms with Gasteiger partial charge < -0.3 is 10.1 Å². The fourth-order valence-electron chi connectivity index (χ4n) is 1.69. The number of aromatic nitrogens is 2. The Kier molecular flexibility index (Phi) is 4.90. The lowest BCUT2D eigenvalue weighted by atomic mass is 10.3. The smallest absolute Gasteiger partial charge is 0.147 e. The number of nitrogens with zero attached hydrogens (tertiary/aromatic N) is 2. The summed E-state index contributed by atoms with van der Waals surface area (Å²) < 4.78 is 6.64. The fraction of sp³-hybridized carbons (Fsp3) is 0.538. The van der Waals surface area contributed by atoms with Crippen LogP contribution in [0.15, 0.2) is 11.7 Å². The Bertz CT molecular complexity index is 498. The van der Waals surface area contributed by atoms with E-state index in [4.69, 9.17) is 4.74 Å². The molecular formula is C13H19N3OS. The molecule has 0 amide bonds. The van der Waals surface area contributed by atoms with E-state index in [1.165, 1.54) is 12.0 Å². The number of ether oxygens (including phenoxy) is 1. The highest BCUT2D eigenvalue weighted by Crippen LogP contribution is 2.28. The van der Waals surface area contributed by atoms with Crippen molar-refractivity contribution in [2.45, 2.75) is 26.7 Å². The van der Waals surface area contributed by atoms with E-state index in [0.717, 1.165) is 42.2 Å². The van der Waals surface area contributed by atoms with Gasteiger partial charge in [0.05, 0.1) is 16.8 Å². The predicted octanol–water partition coefficient (Wildman–Crippen LogP) is 3.23. The number of rotatable bonds is 7. The first kappa shape index (κ1) is 13.2. The number of nitrogens with one attached hydrogen (secondary N) is 1. The molecule has 1 N–H and O–H groups in total. The fourth-order valence-corrected chi connectivity index (χ4v) is 2.65. The van der Waals surface area contributed by atoms with Gasteiger partial charge in [0, 0.05) is 13.2 Å². The van der Waals surface area contributed by atoms with Crippen LogP contribution in [0.4, 0.5) is 5.82 Å². The first-order valence-electron chi connectivity index (χ1n) is 6.33. The van der Waals surface area contributed by atoms with E-state index in [2.05, 4.69) is 34.5 Å². The van der Waals surface area contributed by atoms with Crippen LogP contribution >= 0.6 is 11.3 Å². The highest BCUT2D eigenvalue weighted by atomic mass is 32.1. The summed E-state index contributed by atoms with van der Waals surface area (Å²) in [6, 6.07) is 0. The number of thiophene rings is 1. The normalized spacial score (nSPS) is 11.0. The molecule has 2 rings (SSSR count). The lowest BCUT2D eigenvalue weighted by Crippen LogP contribution is -2.11. The van der Waals surface area contributed by atoms with Crippen molar-refractivity contribution in [2.75, 3.05) is 25.1 Å². The average molecular weight is 265 g/mol. The van der Waals surface area contributed by atoms with E-state index in [1.807, 2.05) is 0 Å². The van der Waals surface area contributed by atoms with E-state index in [0.29, 0.717) is 0 Å². The van der Waals surface area contributed by atoms with Gasteiger partial charge in [-0.2, -0.15) is 0 Å². The third-order valence-electron chi connectivity index (χ3n) is 2.71. The summed E-state index contributed by atoms with van der Waals surface area (Å²) in [4.78, 5) is 8.59. The molecule has 0 aliphatic heterocycles. The first-order chi connectivity index (χ1) is 8.83. The maximum absolute atomic E-state index is 5.51. The zero-order valence-corrected chi connectivity index (χ0v) is 11.7. The maximum atomic E-state index is 5.51. The van der Waals surface area contributed by atoms with Crippen LogP contribution in [0.3, 0.4) is 0 Å². The molecule has 0 aliphatic rings. The Labute approximate surface area is 111 Å². The molecule has 0 bridgehead atoms. The molecule has 5 heteroatoms. The van der Waals surface area contributed by atoms with Crippen LogP contribution in [-0.4, -0.2) is 29.7 Å². The third kappa shape index (κ3) is 3.17. The Morgan fingerprint density at radius 1 is 1.33 bits per heavy atom. The Balaban J connectivity index is 1.88. The SMILES string of the molecule is CCCCOCCNc1ncnc2c(C)csc12. The molecule has 98 valence electrons. The van der Waals surface area contributed by atoms with Crippen molar-refractivity contribution in [3.63, 3.8) is 0 Å². The molecule has 0 saturated heterocycles. The molecule has 0 fully saturated rings. The minimum absolute atomic E-state index is 0.718. The summed E-state index contributed by atoms with van der Waals surface area (Å²) >= 11 is 1.68. The van der Waals surface area contributed by atoms with E-state index in [9.17, 15) is 0 Å². The molecule has 2 aromatic rings. The Hall–Kier alpha value is -1.20. The number of unbranched alkanes of at least 4 members (excludes halogenated alkanes) is 1. The summed E-state index contributed by atoms with van der Waals surface area (Å²) in [6.45, 7) is 6.58. The second-order valence-electron chi connectivity index (χ2n) is 4.21. The molecule has 2 aromatic heterocycles. The van der Waals surface area contributed by atoms with Crippen LogP contribution in [-0.2, 0) is 4.74 Å². The van der Waals surface area contributed by atoms with Crippen LogP contribution in [0.2, 0.25) is 0 Å². The van der Waals surface area contributed by atoms with Crippen molar-refractivity contribution in [3.8, 4) is 0 Å². The number of hydrogen-bond acceptors (Lipinski definition) is 5. The molecular weight excluding hydrogens is 246 g/mol. The van der Waals surface area contributed by atoms with Gasteiger partial charge in [0.1, 0.15) is 12.1 Å². The first-order valence-corrected chi connectivity index (χ1v) is 7.21. The molecule has 4 nitrogen and oxygen atoms in total. The molecule has 18 heavy (non-hydrogen) atoms. The van der Waals surface area contributed by atoms with Crippen LogP contribution in [0.5, 0.6) is 0 Å². The number of fused-ring (bicyclic) bond motifs is 1. The lowest BCUT2D eigenvalue weighted by molar-refractivity contribution is 0.141. The van der Waals surface area contributed by atoms with Crippen molar-refractivity contribution in [2.24, 2.45) is 0 Å². The highest BCUT2D eigenvalue weighted by molar-refractivity contribution is 7.18. The average Bonchev–Trinajstić information content (AvgIpc) is 2.77. The number of aryl methyl sites for hydroxylation is 1. The second-order valence-corrected chi connectivity index (χ2v) is 5.09. The molecule has 0 aromatic carbocycles. The van der Waals surface area contributed by atoms with Crippen molar-refractivity contribution >= 4 is 27.4 Å². The van der Waals surface area contributed by atoms with E-state index >= 15 is 0 Å². The van der Waals surface area contributed by atoms with Gasteiger partial charge in [-0.1, -0.05) is 13.3 Å². The molecule has 0 saturated carbocycles. The standard InChI is InChI=1S/C13H19N3OS/c1-3-4-6-17-7-5-14-13-12-11(15-9-16-13)10(2)8-18-12/h8-9H,3-7H2,1-2H3,(H,14,15,16). The van der Waals surface area contributed by atoms with Crippen LogP contribution in [0.25, 0.3) is 10.2 Å².